The van der Waals surface area contributed by atoms with Gasteiger partial charge in [-0.2, -0.15) is 0 Å². The topological polar surface area (TPSA) is 58.4 Å². The molecule has 1 N–H and O–H groups in total. The maximum atomic E-state index is 10.9. The molecule has 1 atom stereocenters. The number of nitrogens with zero attached hydrogens (tertiary/aromatic N) is 2. The molecule has 0 saturated carbocycles. The molecule has 6 heteroatoms. The minimum Gasteiger partial charge on any atom is -0.314 e. The van der Waals surface area contributed by atoms with E-state index in [2.05, 4.69) is 31.0 Å². The van der Waals surface area contributed by atoms with Gasteiger partial charge in [0, 0.05) is 43.2 Å². The first-order valence-corrected chi connectivity index (χ1v) is 7.40. The Labute approximate surface area is 117 Å². The average molecular weight is 283 g/mol. The first-order valence-electron chi connectivity index (χ1n) is 6.58. The summed E-state index contributed by atoms with van der Waals surface area (Å²) >= 11 is 1.31. The second-order valence-electron chi connectivity index (χ2n) is 5.99. The number of rotatable bonds is 3. The first-order chi connectivity index (χ1) is 8.89. The molecule has 19 heavy (non-hydrogen) atoms. The third-order valence-corrected chi connectivity index (χ3v) is 4.49. The van der Waals surface area contributed by atoms with Crippen molar-refractivity contribution in [3.05, 3.63) is 27.1 Å². The predicted molar refractivity (Wildman–Crippen MR) is 77.6 cm³/mol. The van der Waals surface area contributed by atoms with Crippen LogP contribution < -0.4 is 5.32 Å². The molecule has 0 amide bonds. The van der Waals surface area contributed by atoms with Gasteiger partial charge in [-0.3, -0.25) is 15.0 Å². The quantitative estimate of drug-likeness (QED) is 0.684. The number of hydrogen-bond donors (Lipinski definition) is 1. The van der Waals surface area contributed by atoms with Gasteiger partial charge in [-0.25, -0.2) is 0 Å². The molecule has 1 aromatic heterocycles. The molecule has 0 aliphatic carbocycles. The third kappa shape index (κ3) is 3.32. The highest BCUT2D eigenvalue weighted by Gasteiger charge is 2.34. The van der Waals surface area contributed by atoms with Gasteiger partial charge < -0.3 is 5.32 Å². The molecule has 1 saturated heterocycles. The fourth-order valence-electron chi connectivity index (χ4n) is 2.68. The molecule has 2 rings (SSSR count). The lowest BCUT2D eigenvalue weighted by Gasteiger charge is -2.41. The van der Waals surface area contributed by atoms with Crippen LogP contribution >= 0.6 is 11.3 Å². The third-order valence-electron chi connectivity index (χ3n) is 3.40. The molecule has 1 fully saturated rings. The Kier molecular flexibility index (Phi) is 4.23. The zero-order chi connectivity index (χ0) is 14.0. The molecular weight excluding hydrogens is 262 g/mol. The summed E-state index contributed by atoms with van der Waals surface area (Å²) in [5.74, 6) is 0. The van der Waals surface area contributed by atoms with Crippen LogP contribution in [0.5, 0.6) is 0 Å². The van der Waals surface area contributed by atoms with Crippen LogP contribution in [0.3, 0.4) is 0 Å². The Morgan fingerprint density at radius 2 is 2.00 bits per heavy atom. The SMILES string of the molecule is CC(C)(C)[C@H](c1ccc([N+](=O)[O-])s1)N1CCNCC1. The summed E-state index contributed by atoms with van der Waals surface area (Å²) in [6, 6.07) is 3.79. The summed E-state index contributed by atoms with van der Waals surface area (Å²) < 4.78 is 0. The fraction of sp³-hybridized carbons (Fsp3) is 0.692. The molecule has 0 bridgehead atoms. The summed E-state index contributed by atoms with van der Waals surface area (Å²) in [4.78, 5) is 14.1. The van der Waals surface area contributed by atoms with Crippen molar-refractivity contribution in [1.29, 1.82) is 0 Å². The van der Waals surface area contributed by atoms with Crippen molar-refractivity contribution < 1.29 is 4.92 Å². The van der Waals surface area contributed by atoms with Gasteiger partial charge in [-0.05, 0) is 11.5 Å². The van der Waals surface area contributed by atoms with Crippen molar-refractivity contribution in [3.63, 3.8) is 0 Å². The van der Waals surface area contributed by atoms with Crippen LogP contribution in [0.1, 0.15) is 31.7 Å². The van der Waals surface area contributed by atoms with Crippen molar-refractivity contribution in [2.75, 3.05) is 26.2 Å². The van der Waals surface area contributed by atoms with E-state index >= 15 is 0 Å². The molecule has 0 aromatic carbocycles. The van der Waals surface area contributed by atoms with Gasteiger partial charge in [0.15, 0.2) is 0 Å². The van der Waals surface area contributed by atoms with E-state index in [0.29, 0.717) is 0 Å². The van der Waals surface area contributed by atoms with Gasteiger partial charge in [0.05, 0.1) is 4.92 Å². The minimum absolute atomic E-state index is 0.0655. The smallest absolute Gasteiger partial charge is 0.314 e. The van der Waals surface area contributed by atoms with Gasteiger partial charge in [0.25, 0.3) is 0 Å². The lowest BCUT2D eigenvalue weighted by Crippen LogP contribution is -2.48. The summed E-state index contributed by atoms with van der Waals surface area (Å²) in [5, 5.41) is 14.4. The summed E-state index contributed by atoms with van der Waals surface area (Å²) in [6.07, 6.45) is 0. The molecule has 1 aliphatic rings. The standard InChI is InChI=1S/C13H21N3O2S/c1-13(2,3)12(15-8-6-14-7-9-15)10-4-5-11(19-10)16(17)18/h4-5,12,14H,6-9H2,1-3H3/t12-/m0/s1. The number of nitro groups is 1. The summed E-state index contributed by atoms with van der Waals surface area (Å²) in [5.41, 5.74) is 0.0655. The second kappa shape index (κ2) is 5.56. The van der Waals surface area contributed by atoms with Gasteiger partial charge >= 0.3 is 5.00 Å². The number of hydrogen-bond acceptors (Lipinski definition) is 5. The van der Waals surface area contributed by atoms with E-state index in [9.17, 15) is 10.1 Å². The number of nitrogens with one attached hydrogen (secondary N) is 1. The average Bonchev–Trinajstić information content (AvgIpc) is 2.78. The van der Waals surface area contributed by atoms with Gasteiger partial charge in [-0.15, -0.1) is 0 Å². The second-order valence-corrected chi connectivity index (χ2v) is 7.08. The highest BCUT2D eigenvalue weighted by molar-refractivity contribution is 7.15. The van der Waals surface area contributed by atoms with E-state index in [1.54, 1.807) is 6.07 Å². The molecule has 0 unspecified atom stereocenters. The molecular formula is C13H21N3O2S. The van der Waals surface area contributed by atoms with Gasteiger partial charge in [0.1, 0.15) is 0 Å². The fourth-order valence-corrected chi connectivity index (χ4v) is 3.88. The lowest BCUT2D eigenvalue weighted by atomic mass is 9.84. The zero-order valence-electron chi connectivity index (χ0n) is 11.7. The van der Waals surface area contributed by atoms with Crippen molar-refractivity contribution >= 4 is 16.3 Å². The largest absolute Gasteiger partial charge is 0.324 e. The van der Waals surface area contributed by atoms with Crippen molar-refractivity contribution in [2.24, 2.45) is 5.41 Å². The normalized spacial score (nSPS) is 19.3. The number of thiophene rings is 1. The highest BCUT2D eigenvalue weighted by atomic mass is 32.1. The molecule has 1 aliphatic heterocycles. The van der Waals surface area contributed by atoms with Crippen LogP contribution in [0, 0.1) is 15.5 Å². The van der Waals surface area contributed by atoms with Crippen LogP contribution in [-0.4, -0.2) is 36.0 Å². The van der Waals surface area contributed by atoms with E-state index in [0.717, 1.165) is 31.1 Å². The van der Waals surface area contributed by atoms with E-state index in [4.69, 9.17) is 0 Å². The van der Waals surface area contributed by atoms with Crippen LogP contribution in [0.15, 0.2) is 12.1 Å². The van der Waals surface area contributed by atoms with E-state index < -0.39 is 0 Å². The number of piperazine rings is 1. The zero-order valence-corrected chi connectivity index (χ0v) is 12.5. The lowest BCUT2D eigenvalue weighted by molar-refractivity contribution is -0.380. The highest BCUT2D eigenvalue weighted by Crippen LogP contribution is 2.42. The van der Waals surface area contributed by atoms with E-state index in [-0.39, 0.29) is 21.4 Å². The van der Waals surface area contributed by atoms with Crippen molar-refractivity contribution in [1.82, 2.24) is 10.2 Å². The van der Waals surface area contributed by atoms with Crippen LogP contribution in [0.2, 0.25) is 0 Å². The van der Waals surface area contributed by atoms with Crippen molar-refractivity contribution in [3.8, 4) is 0 Å². The Bertz CT molecular complexity index is 447. The molecule has 0 spiro atoms. The first kappa shape index (κ1) is 14.4. The summed E-state index contributed by atoms with van der Waals surface area (Å²) in [7, 11) is 0. The van der Waals surface area contributed by atoms with Gasteiger partial charge in [-0.1, -0.05) is 32.1 Å². The maximum absolute atomic E-state index is 10.9. The minimum atomic E-state index is -0.300. The van der Waals surface area contributed by atoms with E-state index in [1.807, 2.05) is 6.07 Å². The van der Waals surface area contributed by atoms with E-state index in [1.165, 1.54) is 11.3 Å². The Hall–Kier alpha value is -0.980. The molecule has 0 radical (unpaired) electrons. The molecule has 5 nitrogen and oxygen atoms in total. The van der Waals surface area contributed by atoms with Crippen molar-refractivity contribution in [2.45, 2.75) is 26.8 Å². The Morgan fingerprint density at radius 1 is 1.37 bits per heavy atom. The van der Waals surface area contributed by atoms with Crippen LogP contribution in [-0.2, 0) is 0 Å². The maximum Gasteiger partial charge on any atom is 0.324 e. The molecule has 1 aromatic rings. The Balaban J connectivity index is 2.28. The molecule has 2 heterocycles. The summed E-state index contributed by atoms with van der Waals surface area (Å²) in [6.45, 7) is 10.6. The molecule has 106 valence electrons. The predicted octanol–water partition coefficient (Wildman–Crippen LogP) is 2.65. The van der Waals surface area contributed by atoms with Crippen LogP contribution in [0.25, 0.3) is 0 Å². The van der Waals surface area contributed by atoms with Crippen LogP contribution in [0.4, 0.5) is 5.00 Å². The van der Waals surface area contributed by atoms with Gasteiger partial charge in [0.2, 0.25) is 0 Å². The monoisotopic (exact) mass is 283 g/mol. The Morgan fingerprint density at radius 3 is 2.47 bits per heavy atom.